The molecule has 3 rings (SSSR count). The molecule has 2 aliphatic rings. The van der Waals surface area contributed by atoms with E-state index in [1.54, 1.807) is 12.4 Å². The van der Waals surface area contributed by atoms with Crippen molar-refractivity contribution in [1.82, 2.24) is 4.98 Å². The summed E-state index contributed by atoms with van der Waals surface area (Å²) in [6, 6.07) is 1.87. The summed E-state index contributed by atoms with van der Waals surface area (Å²) >= 11 is 3.46. The normalized spacial score (nSPS) is 25.4. The van der Waals surface area contributed by atoms with Crippen LogP contribution in [-0.4, -0.2) is 29.1 Å². The number of aliphatic hydroxyl groups is 1. The maximum Gasteiger partial charge on any atom is 0.168 e. The predicted molar refractivity (Wildman–Crippen MR) is 68.9 cm³/mol. The van der Waals surface area contributed by atoms with Gasteiger partial charge in [-0.2, -0.15) is 0 Å². The Morgan fingerprint density at radius 2 is 1.83 bits per heavy atom. The first-order valence-corrected chi connectivity index (χ1v) is 7.03. The molecule has 1 aromatic rings. The molecule has 0 radical (unpaired) electrons. The second-order valence-corrected chi connectivity index (χ2v) is 5.85. The minimum absolute atomic E-state index is 0.439. The van der Waals surface area contributed by atoms with Gasteiger partial charge in [0.15, 0.2) is 5.79 Å². The van der Waals surface area contributed by atoms with E-state index in [9.17, 15) is 5.11 Å². The second kappa shape index (κ2) is 4.56. The molecule has 0 aromatic carbocycles. The van der Waals surface area contributed by atoms with Gasteiger partial charge in [0, 0.05) is 35.3 Å². The van der Waals surface area contributed by atoms with Gasteiger partial charge in [0.25, 0.3) is 0 Å². The van der Waals surface area contributed by atoms with Gasteiger partial charge in [-0.25, -0.2) is 0 Å². The fourth-order valence-corrected chi connectivity index (χ4v) is 3.47. The third-order valence-corrected chi connectivity index (χ3v) is 4.56. The predicted octanol–water partition coefficient (Wildman–Crippen LogP) is 2.35. The van der Waals surface area contributed by atoms with E-state index in [4.69, 9.17) is 9.47 Å². The van der Waals surface area contributed by atoms with E-state index in [1.165, 1.54) is 0 Å². The first-order chi connectivity index (χ1) is 8.64. The van der Waals surface area contributed by atoms with Crippen LogP contribution in [0, 0.1) is 0 Å². The van der Waals surface area contributed by atoms with Crippen LogP contribution in [0.25, 0.3) is 0 Å². The first-order valence-electron chi connectivity index (χ1n) is 6.24. The van der Waals surface area contributed by atoms with Crippen molar-refractivity contribution in [2.24, 2.45) is 0 Å². The summed E-state index contributed by atoms with van der Waals surface area (Å²) in [5.74, 6) is -0.439. The molecule has 0 bridgehead atoms. The van der Waals surface area contributed by atoms with E-state index in [0.717, 1.165) is 22.9 Å². The lowest BCUT2D eigenvalue weighted by Crippen LogP contribution is -2.42. The SMILES string of the molecule is OC1(c2ccncc2Br)CCC2(CC1)OCCO2. The molecular weight excluding hydrogens is 298 g/mol. The van der Waals surface area contributed by atoms with Gasteiger partial charge in [-0.15, -0.1) is 0 Å². The van der Waals surface area contributed by atoms with E-state index in [2.05, 4.69) is 20.9 Å². The zero-order chi connectivity index (χ0) is 12.6. The zero-order valence-corrected chi connectivity index (χ0v) is 11.6. The van der Waals surface area contributed by atoms with Gasteiger partial charge in [0.2, 0.25) is 0 Å². The maximum atomic E-state index is 10.8. The highest BCUT2D eigenvalue weighted by Crippen LogP contribution is 2.46. The van der Waals surface area contributed by atoms with Gasteiger partial charge >= 0.3 is 0 Å². The average Bonchev–Trinajstić information content (AvgIpc) is 2.83. The summed E-state index contributed by atoms with van der Waals surface area (Å²) in [5.41, 5.74) is 0.104. The monoisotopic (exact) mass is 313 g/mol. The van der Waals surface area contributed by atoms with Gasteiger partial charge in [-0.05, 0) is 34.8 Å². The summed E-state index contributed by atoms with van der Waals surface area (Å²) in [6.07, 6.45) is 6.20. The minimum atomic E-state index is -0.803. The van der Waals surface area contributed by atoms with Crippen LogP contribution >= 0.6 is 15.9 Å². The minimum Gasteiger partial charge on any atom is -0.385 e. The van der Waals surface area contributed by atoms with Gasteiger partial charge in [0.05, 0.1) is 18.8 Å². The van der Waals surface area contributed by atoms with Crippen LogP contribution in [-0.2, 0) is 15.1 Å². The van der Waals surface area contributed by atoms with Gasteiger partial charge < -0.3 is 14.6 Å². The lowest BCUT2D eigenvalue weighted by molar-refractivity contribution is -0.204. The van der Waals surface area contributed by atoms with E-state index in [0.29, 0.717) is 26.1 Å². The first kappa shape index (κ1) is 12.5. The molecule has 0 amide bonds. The number of aromatic nitrogens is 1. The smallest absolute Gasteiger partial charge is 0.168 e. The van der Waals surface area contributed by atoms with Gasteiger partial charge in [-0.1, -0.05) is 0 Å². The Morgan fingerprint density at radius 1 is 1.17 bits per heavy atom. The molecule has 1 N–H and O–H groups in total. The van der Waals surface area contributed by atoms with E-state index in [-0.39, 0.29) is 0 Å². The number of rotatable bonds is 1. The van der Waals surface area contributed by atoms with Crippen molar-refractivity contribution in [3.05, 3.63) is 28.5 Å². The van der Waals surface area contributed by atoms with E-state index >= 15 is 0 Å². The van der Waals surface area contributed by atoms with Crippen molar-refractivity contribution in [3.63, 3.8) is 0 Å². The van der Waals surface area contributed by atoms with Crippen LogP contribution in [0.5, 0.6) is 0 Å². The van der Waals surface area contributed by atoms with Crippen molar-refractivity contribution < 1.29 is 14.6 Å². The molecule has 1 aromatic heterocycles. The van der Waals surface area contributed by atoms with E-state index in [1.807, 2.05) is 6.07 Å². The average molecular weight is 314 g/mol. The molecule has 18 heavy (non-hydrogen) atoms. The lowest BCUT2D eigenvalue weighted by atomic mass is 9.77. The third-order valence-electron chi connectivity index (χ3n) is 3.93. The number of hydrogen-bond donors (Lipinski definition) is 1. The van der Waals surface area contributed by atoms with Crippen LogP contribution in [0.15, 0.2) is 22.9 Å². The van der Waals surface area contributed by atoms with E-state index < -0.39 is 11.4 Å². The Labute approximate surface area is 114 Å². The molecule has 4 nitrogen and oxygen atoms in total. The Morgan fingerprint density at radius 3 is 2.44 bits per heavy atom. The van der Waals surface area contributed by atoms with Crippen LogP contribution < -0.4 is 0 Å². The fourth-order valence-electron chi connectivity index (χ4n) is 2.85. The molecular formula is C13H16BrNO3. The molecule has 98 valence electrons. The summed E-state index contributed by atoms with van der Waals surface area (Å²) < 4.78 is 12.2. The summed E-state index contributed by atoms with van der Waals surface area (Å²) in [6.45, 7) is 1.33. The number of halogens is 1. The second-order valence-electron chi connectivity index (χ2n) is 4.99. The standard InChI is InChI=1S/C13H16BrNO3/c14-11-9-15-6-1-10(11)12(16)2-4-13(5-3-12)17-7-8-18-13/h1,6,9,16H,2-5,7-8H2. The highest BCUT2D eigenvalue weighted by molar-refractivity contribution is 9.10. The third kappa shape index (κ3) is 2.09. The summed E-state index contributed by atoms with van der Waals surface area (Å²) in [5, 5.41) is 10.8. The number of hydrogen-bond acceptors (Lipinski definition) is 4. The molecule has 1 saturated carbocycles. The molecule has 1 aliphatic heterocycles. The molecule has 0 unspecified atom stereocenters. The Hall–Kier alpha value is -0.490. The molecule has 1 aliphatic carbocycles. The largest absolute Gasteiger partial charge is 0.385 e. The van der Waals surface area contributed by atoms with Crippen LogP contribution in [0.2, 0.25) is 0 Å². The molecule has 2 fully saturated rings. The summed E-state index contributed by atoms with van der Waals surface area (Å²) in [7, 11) is 0. The maximum absolute atomic E-state index is 10.8. The molecule has 1 spiro atoms. The number of ether oxygens (including phenoxy) is 2. The van der Waals surface area contributed by atoms with Crippen LogP contribution in [0.3, 0.4) is 0 Å². The number of nitrogens with zero attached hydrogens (tertiary/aromatic N) is 1. The zero-order valence-electron chi connectivity index (χ0n) is 10.1. The molecule has 0 atom stereocenters. The highest BCUT2D eigenvalue weighted by atomic mass is 79.9. The fraction of sp³-hybridized carbons (Fsp3) is 0.615. The quantitative estimate of drug-likeness (QED) is 0.864. The van der Waals surface area contributed by atoms with Gasteiger partial charge in [-0.3, -0.25) is 4.98 Å². The van der Waals surface area contributed by atoms with Crippen molar-refractivity contribution in [2.45, 2.75) is 37.1 Å². The van der Waals surface area contributed by atoms with Crippen molar-refractivity contribution in [2.75, 3.05) is 13.2 Å². The topological polar surface area (TPSA) is 51.6 Å². The summed E-state index contributed by atoms with van der Waals surface area (Å²) in [4.78, 5) is 4.03. The Balaban J connectivity index is 1.80. The van der Waals surface area contributed by atoms with Crippen molar-refractivity contribution in [3.8, 4) is 0 Å². The van der Waals surface area contributed by atoms with Crippen molar-refractivity contribution in [1.29, 1.82) is 0 Å². The molecule has 2 heterocycles. The Kier molecular flexibility index (Phi) is 3.18. The molecule has 1 saturated heterocycles. The lowest BCUT2D eigenvalue weighted by Gasteiger charge is -2.41. The highest BCUT2D eigenvalue weighted by Gasteiger charge is 2.46. The van der Waals surface area contributed by atoms with Crippen molar-refractivity contribution >= 4 is 15.9 Å². The Bertz CT molecular complexity index is 436. The molecule has 5 heteroatoms. The van der Waals surface area contributed by atoms with Crippen LogP contribution in [0.4, 0.5) is 0 Å². The number of pyridine rings is 1. The van der Waals surface area contributed by atoms with Gasteiger partial charge in [0.1, 0.15) is 0 Å². The van der Waals surface area contributed by atoms with Crippen LogP contribution in [0.1, 0.15) is 31.2 Å².